The molecule has 4 heterocycles. The van der Waals surface area contributed by atoms with Crippen LogP contribution in [-0.2, 0) is 0 Å². The molecule has 108 valence electrons. The number of hydrogen-bond donors (Lipinski definition) is 0. The van der Waals surface area contributed by atoms with Crippen LogP contribution < -0.4 is 0 Å². The van der Waals surface area contributed by atoms with Crippen LogP contribution in [0.4, 0.5) is 0 Å². The summed E-state index contributed by atoms with van der Waals surface area (Å²) in [4.78, 5) is 7.16. The maximum absolute atomic E-state index is 4.79. The predicted molar refractivity (Wildman–Crippen MR) is 77.8 cm³/mol. The van der Waals surface area contributed by atoms with Crippen molar-refractivity contribution in [1.29, 1.82) is 0 Å². The number of likely N-dealkylation sites (tertiary alicyclic amines) is 1. The molecule has 0 aromatic carbocycles. The van der Waals surface area contributed by atoms with Crippen molar-refractivity contribution in [3.8, 4) is 11.4 Å². The summed E-state index contributed by atoms with van der Waals surface area (Å²) in [5.74, 6) is 0. The van der Waals surface area contributed by atoms with Crippen LogP contribution in [0.3, 0.4) is 0 Å². The van der Waals surface area contributed by atoms with Gasteiger partial charge in [0.2, 0.25) is 0 Å². The number of aryl methyl sites for hydroxylation is 1. The Morgan fingerprint density at radius 1 is 1.33 bits per heavy atom. The van der Waals surface area contributed by atoms with Gasteiger partial charge in [-0.15, -0.1) is 0 Å². The summed E-state index contributed by atoms with van der Waals surface area (Å²) in [6.07, 6.45) is 6.43. The molecular weight excluding hydrogens is 266 g/mol. The van der Waals surface area contributed by atoms with E-state index >= 15 is 0 Å². The second-order valence-electron chi connectivity index (χ2n) is 5.66. The Bertz CT molecular complexity index is 790. The number of pyridine rings is 1. The number of imidazole rings is 1. The zero-order valence-electron chi connectivity index (χ0n) is 12.2. The molecule has 0 saturated carbocycles. The third kappa shape index (κ3) is 1.94. The third-order valence-electron chi connectivity index (χ3n) is 4.29. The van der Waals surface area contributed by atoms with Crippen LogP contribution in [0.1, 0.15) is 30.1 Å². The van der Waals surface area contributed by atoms with Gasteiger partial charge in [-0.25, -0.2) is 9.61 Å². The minimum absolute atomic E-state index is 0.445. The van der Waals surface area contributed by atoms with Crippen molar-refractivity contribution < 1.29 is 4.63 Å². The van der Waals surface area contributed by atoms with Crippen molar-refractivity contribution in [3.63, 3.8) is 0 Å². The van der Waals surface area contributed by atoms with Gasteiger partial charge in [0.05, 0.1) is 0 Å². The van der Waals surface area contributed by atoms with Gasteiger partial charge in [0.1, 0.15) is 17.0 Å². The molecule has 1 fully saturated rings. The number of hydrogen-bond acceptors (Lipinski definition) is 5. The lowest BCUT2D eigenvalue weighted by molar-refractivity contribution is 0.306. The third-order valence-corrected chi connectivity index (χ3v) is 4.29. The molecule has 6 nitrogen and oxygen atoms in total. The summed E-state index contributed by atoms with van der Waals surface area (Å²) in [6, 6.07) is 4.70. The molecule has 1 aliphatic heterocycles. The Labute approximate surface area is 122 Å². The van der Waals surface area contributed by atoms with Gasteiger partial charge in [-0.1, -0.05) is 11.2 Å². The molecule has 21 heavy (non-hydrogen) atoms. The first kappa shape index (κ1) is 12.5. The van der Waals surface area contributed by atoms with Crippen molar-refractivity contribution in [1.82, 2.24) is 24.6 Å². The zero-order valence-corrected chi connectivity index (χ0v) is 12.2. The van der Waals surface area contributed by atoms with Crippen molar-refractivity contribution in [3.05, 3.63) is 35.8 Å². The van der Waals surface area contributed by atoms with Crippen LogP contribution in [-0.4, -0.2) is 38.2 Å². The van der Waals surface area contributed by atoms with E-state index in [2.05, 4.69) is 38.8 Å². The summed E-state index contributed by atoms with van der Waals surface area (Å²) >= 11 is 0. The van der Waals surface area contributed by atoms with Gasteiger partial charge >= 0.3 is 0 Å². The highest BCUT2D eigenvalue weighted by Crippen LogP contribution is 2.33. The molecule has 0 radical (unpaired) electrons. The Hall–Kier alpha value is -2.21. The van der Waals surface area contributed by atoms with Crippen LogP contribution in [0.2, 0.25) is 0 Å². The van der Waals surface area contributed by atoms with E-state index in [1.165, 1.54) is 18.4 Å². The fourth-order valence-electron chi connectivity index (χ4n) is 3.18. The summed E-state index contributed by atoms with van der Waals surface area (Å²) in [6.45, 7) is 3.02. The van der Waals surface area contributed by atoms with Crippen molar-refractivity contribution in [2.45, 2.75) is 25.8 Å². The number of aromatic nitrogens is 4. The SMILES string of the molecule is Cc1nonc1-c1cn2cccc([C@H]3CCCN3C)c2n1. The molecule has 0 bridgehead atoms. The molecule has 3 aromatic heterocycles. The van der Waals surface area contributed by atoms with E-state index in [9.17, 15) is 0 Å². The highest BCUT2D eigenvalue weighted by atomic mass is 16.6. The smallest absolute Gasteiger partial charge is 0.157 e. The number of fused-ring (bicyclic) bond motifs is 1. The van der Waals surface area contributed by atoms with Gasteiger partial charge in [0, 0.05) is 24.0 Å². The average molecular weight is 283 g/mol. The lowest BCUT2D eigenvalue weighted by atomic mass is 10.1. The van der Waals surface area contributed by atoms with E-state index in [1.807, 2.05) is 19.3 Å². The lowest BCUT2D eigenvalue weighted by Gasteiger charge is -2.20. The van der Waals surface area contributed by atoms with Gasteiger partial charge < -0.3 is 4.40 Å². The van der Waals surface area contributed by atoms with Crippen LogP contribution >= 0.6 is 0 Å². The second-order valence-corrected chi connectivity index (χ2v) is 5.66. The maximum atomic E-state index is 4.79. The van der Waals surface area contributed by atoms with Crippen molar-refractivity contribution in [2.75, 3.05) is 13.6 Å². The van der Waals surface area contributed by atoms with Gasteiger partial charge in [0.25, 0.3) is 0 Å². The van der Waals surface area contributed by atoms with Crippen LogP contribution in [0.25, 0.3) is 17.0 Å². The molecule has 1 saturated heterocycles. The molecule has 4 rings (SSSR count). The second kappa shape index (κ2) is 4.66. The normalized spacial score (nSPS) is 19.6. The maximum Gasteiger partial charge on any atom is 0.157 e. The van der Waals surface area contributed by atoms with Gasteiger partial charge in [0.15, 0.2) is 5.69 Å². The summed E-state index contributed by atoms with van der Waals surface area (Å²) < 4.78 is 6.85. The first-order valence-electron chi connectivity index (χ1n) is 7.21. The summed E-state index contributed by atoms with van der Waals surface area (Å²) in [7, 11) is 2.18. The molecule has 0 amide bonds. The molecular formula is C15H17N5O. The van der Waals surface area contributed by atoms with E-state index in [4.69, 9.17) is 9.61 Å². The summed E-state index contributed by atoms with van der Waals surface area (Å²) in [5, 5.41) is 7.78. The highest BCUT2D eigenvalue weighted by Gasteiger charge is 2.25. The largest absolute Gasteiger partial charge is 0.306 e. The number of rotatable bonds is 2. The van der Waals surface area contributed by atoms with Gasteiger partial charge in [-0.05, 0) is 44.6 Å². The van der Waals surface area contributed by atoms with E-state index in [0.29, 0.717) is 11.7 Å². The molecule has 1 atom stereocenters. The van der Waals surface area contributed by atoms with Crippen LogP contribution in [0, 0.1) is 6.92 Å². The van der Waals surface area contributed by atoms with Crippen molar-refractivity contribution >= 4 is 5.65 Å². The molecule has 0 aliphatic carbocycles. The van der Waals surface area contributed by atoms with E-state index in [-0.39, 0.29) is 0 Å². The van der Waals surface area contributed by atoms with E-state index < -0.39 is 0 Å². The topological polar surface area (TPSA) is 59.5 Å². The Morgan fingerprint density at radius 2 is 2.24 bits per heavy atom. The van der Waals surface area contributed by atoms with E-state index in [1.54, 1.807) is 0 Å². The zero-order chi connectivity index (χ0) is 14.4. The monoisotopic (exact) mass is 283 g/mol. The first-order chi connectivity index (χ1) is 10.2. The van der Waals surface area contributed by atoms with Gasteiger partial charge in [-0.2, -0.15) is 0 Å². The first-order valence-corrected chi connectivity index (χ1v) is 7.21. The molecule has 0 N–H and O–H groups in total. The van der Waals surface area contributed by atoms with E-state index in [0.717, 1.165) is 23.6 Å². The Morgan fingerprint density at radius 3 is 2.95 bits per heavy atom. The molecule has 0 unspecified atom stereocenters. The van der Waals surface area contributed by atoms with Crippen molar-refractivity contribution in [2.24, 2.45) is 0 Å². The quantitative estimate of drug-likeness (QED) is 0.723. The average Bonchev–Trinajstić information content (AvgIpc) is 3.16. The minimum Gasteiger partial charge on any atom is -0.306 e. The lowest BCUT2D eigenvalue weighted by Crippen LogP contribution is -2.18. The Balaban J connectivity index is 1.86. The van der Waals surface area contributed by atoms with Crippen LogP contribution in [0.5, 0.6) is 0 Å². The Kier molecular flexibility index (Phi) is 2.78. The fraction of sp³-hybridized carbons (Fsp3) is 0.400. The standard InChI is InChI=1S/C15H17N5O/c1-10-14(18-21-17-10)12-9-20-8-3-5-11(15(20)16-12)13-6-4-7-19(13)2/h3,5,8-9,13H,4,6-7H2,1-2H3/t13-/m1/s1. The number of nitrogens with zero attached hydrogens (tertiary/aromatic N) is 5. The molecule has 6 heteroatoms. The molecule has 1 aliphatic rings. The molecule has 3 aromatic rings. The highest BCUT2D eigenvalue weighted by molar-refractivity contribution is 5.62. The summed E-state index contributed by atoms with van der Waals surface area (Å²) in [5.41, 5.74) is 4.55. The van der Waals surface area contributed by atoms with Crippen LogP contribution in [0.15, 0.2) is 29.2 Å². The minimum atomic E-state index is 0.445. The predicted octanol–water partition coefficient (Wildman–Crippen LogP) is 2.46. The molecule has 0 spiro atoms. The fourth-order valence-corrected chi connectivity index (χ4v) is 3.18. The van der Waals surface area contributed by atoms with Gasteiger partial charge in [-0.3, -0.25) is 4.90 Å².